The van der Waals surface area contributed by atoms with Gasteiger partial charge < -0.3 is 9.26 Å². The van der Waals surface area contributed by atoms with Crippen LogP contribution in [0.1, 0.15) is 5.89 Å². The van der Waals surface area contributed by atoms with Crippen LogP contribution in [0.3, 0.4) is 0 Å². The van der Waals surface area contributed by atoms with Crippen molar-refractivity contribution in [1.82, 2.24) is 19.9 Å². The van der Waals surface area contributed by atoms with E-state index < -0.39 is 0 Å². The molecule has 0 radical (unpaired) electrons. The number of ether oxygens (including phenoxy) is 1. The summed E-state index contributed by atoms with van der Waals surface area (Å²) in [5.41, 5.74) is 0.885. The third-order valence-electron chi connectivity index (χ3n) is 5.44. The molecule has 0 aliphatic carbocycles. The Kier molecular flexibility index (Phi) is 5.48. The van der Waals surface area contributed by atoms with Crippen LogP contribution in [0.15, 0.2) is 52.4 Å². The van der Waals surface area contributed by atoms with E-state index in [0.29, 0.717) is 24.8 Å². The van der Waals surface area contributed by atoms with Gasteiger partial charge in [-0.3, -0.25) is 14.7 Å². The van der Waals surface area contributed by atoms with E-state index in [2.05, 4.69) is 19.9 Å². The fraction of sp³-hybridized carbons (Fsp3) is 0.381. The first-order valence-electron chi connectivity index (χ1n) is 10.1. The summed E-state index contributed by atoms with van der Waals surface area (Å²) in [7, 11) is 0. The van der Waals surface area contributed by atoms with Gasteiger partial charge in [0.05, 0.1) is 18.0 Å². The lowest BCUT2D eigenvalue weighted by atomic mass is 10.2. The molecule has 2 aromatic heterocycles. The number of benzene rings is 1. The van der Waals surface area contributed by atoms with Crippen LogP contribution < -0.4 is 4.90 Å². The Morgan fingerprint density at radius 2 is 1.83 bits per heavy atom. The zero-order valence-corrected chi connectivity index (χ0v) is 17.3. The van der Waals surface area contributed by atoms with Crippen LogP contribution in [0.5, 0.6) is 0 Å². The van der Waals surface area contributed by atoms with Gasteiger partial charge in [-0.1, -0.05) is 29.4 Å². The largest absolute Gasteiger partial charge is 0.443 e. The number of anilines is 1. The number of aromatic nitrogens is 2. The summed E-state index contributed by atoms with van der Waals surface area (Å²) >= 11 is 1.60. The molecule has 0 N–H and O–H groups in total. The predicted octanol–water partition coefficient (Wildman–Crippen LogP) is 2.94. The summed E-state index contributed by atoms with van der Waals surface area (Å²) in [5, 5.41) is 6.09. The number of carbonyl (C=O) groups excluding carboxylic acids is 1. The van der Waals surface area contributed by atoms with Crippen LogP contribution in [0, 0.1) is 0 Å². The second kappa shape index (κ2) is 8.55. The molecular weight excluding hydrogens is 402 g/mol. The lowest BCUT2D eigenvalue weighted by Crippen LogP contribution is -2.48. The Labute approximate surface area is 178 Å². The van der Waals surface area contributed by atoms with Gasteiger partial charge in [-0.2, -0.15) is 4.98 Å². The fourth-order valence-electron chi connectivity index (χ4n) is 3.87. The van der Waals surface area contributed by atoms with Crippen molar-refractivity contribution in [3.63, 3.8) is 0 Å². The van der Waals surface area contributed by atoms with E-state index in [-0.39, 0.29) is 12.2 Å². The van der Waals surface area contributed by atoms with E-state index in [4.69, 9.17) is 9.26 Å². The van der Waals surface area contributed by atoms with Crippen molar-refractivity contribution in [1.29, 1.82) is 0 Å². The van der Waals surface area contributed by atoms with Crippen molar-refractivity contribution in [2.45, 2.75) is 12.6 Å². The Bertz CT molecular complexity index is 970. The number of carbonyl (C=O) groups is 1. The SMILES string of the molecule is O=C1O[C@@H](CN2CCN(Cc3nc(-c4cccs4)no3)CC2)CN1c1ccccc1. The maximum Gasteiger partial charge on any atom is 0.414 e. The summed E-state index contributed by atoms with van der Waals surface area (Å²) in [6, 6.07) is 13.7. The molecule has 2 aliphatic heterocycles. The second-order valence-electron chi connectivity index (χ2n) is 7.52. The molecule has 0 spiro atoms. The normalized spacial score (nSPS) is 20.6. The lowest BCUT2D eigenvalue weighted by molar-refractivity contribution is 0.0710. The van der Waals surface area contributed by atoms with Gasteiger partial charge in [0.2, 0.25) is 11.7 Å². The topological polar surface area (TPSA) is 74.9 Å². The molecule has 1 aromatic carbocycles. The molecule has 1 amide bonds. The number of amides is 1. The fourth-order valence-corrected chi connectivity index (χ4v) is 4.52. The van der Waals surface area contributed by atoms with E-state index in [1.165, 1.54) is 0 Å². The van der Waals surface area contributed by atoms with E-state index in [0.717, 1.165) is 43.3 Å². The van der Waals surface area contributed by atoms with Crippen molar-refractivity contribution >= 4 is 23.1 Å². The van der Waals surface area contributed by atoms with Gasteiger partial charge in [0.1, 0.15) is 6.10 Å². The summed E-state index contributed by atoms with van der Waals surface area (Å²) in [6.45, 7) is 5.69. The van der Waals surface area contributed by atoms with Gasteiger partial charge in [0.25, 0.3) is 0 Å². The molecule has 2 saturated heterocycles. The van der Waals surface area contributed by atoms with Crippen LogP contribution in [0.2, 0.25) is 0 Å². The molecular formula is C21H23N5O3S. The van der Waals surface area contributed by atoms with E-state index in [1.807, 2.05) is 47.8 Å². The zero-order chi connectivity index (χ0) is 20.3. The van der Waals surface area contributed by atoms with E-state index in [1.54, 1.807) is 16.2 Å². The molecule has 9 heteroatoms. The van der Waals surface area contributed by atoms with Crippen LogP contribution in [-0.4, -0.2) is 71.4 Å². The molecule has 0 bridgehead atoms. The first kappa shape index (κ1) is 19.2. The summed E-state index contributed by atoms with van der Waals surface area (Å²) in [4.78, 5) is 24.1. The smallest absolute Gasteiger partial charge is 0.414 e. The molecule has 1 atom stereocenters. The standard InChI is InChI=1S/C21H23N5O3S/c27-21-26(16-5-2-1-3-6-16)14-17(28-21)13-24-8-10-25(11-9-24)15-19-22-20(23-29-19)18-7-4-12-30-18/h1-7,12,17H,8-11,13-15H2/t17-/m0/s1. The Morgan fingerprint density at radius 1 is 1.03 bits per heavy atom. The molecule has 2 aliphatic rings. The van der Waals surface area contributed by atoms with Crippen molar-refractivity contribution in [3.8, 4) is 10.7 Å². The number of para-hydroxylation sites is 1. The summed E-state index contributed by atoms with van der Waals surface area (Å²) < 4.78 is 11.0. The summed E-state index contributed by atoms with van der Waals surface area (Å²) in [6.07, 6.45) is -0.365. The third-order valence-corrected chi connectivity index (χ3v) is 6.30. The van der Waals surface area contributed by atoms with Gasteiger partial charge in [-0.05, 0) is 23.6 Å². The molecule has 0 unspecified atom stereocenters. The Balaban J connectivity index is 1.10. The number of piperazine rings is 1. The number of hydrogen-bond donors (Lipinski definition) is 0. The van der Waals surface area contributed by atoms with E-state index in [9.17, 15) is 4.79 Å². The first-order valence-corrected chi connectivity index (χ1v) is 11.0. The van der Waals surface area contributed by atoms with Crippen LogP contribution in [0.4, 0.5) is 10.5 Å². The predicted molar refractivity (Wildman–Crippen MR) is 113 cm³/mol. The number of thiophene rings is 1. The minimum absolute atomic E-state index is 0.103. The third kappa shape index (κ3) is 4.23. The lowest BCUT2D eigenvalue weighted by Gasteiger charge is -2.34. The minimum Gasteiger partial charge on any atom is -0.443 e. The van der Waals surface area contributed by atoms with Crippen molar-refractivity contribution in [2.24, 2.45) is 0 Å². The number of nitrogens with zero attached hydrogens (tertiary/aromatic N) is 5. The van der Waals surface area contributed by atoms with Crippen LogP contribution in [0.25, 0.3) is 10.7 Å². The monoisotopic (exact) mass is 425 g/mol. The van der Waals surface area contributed by atoms with Crippen LogP contribution in [-0.2, 0) is 11.3 Å². The highest BCUT2D eigenvalue weighted by Gasteiger charge is 2.34. The van der Waals surface area contributed by atoms with E-state index >= 15 is 0 Å². The zero-order valence-electron chi connectivity index (χ0n) is 16.5. The summed E-state index contributed by atoms with van der Waals surface area (Å²) in [5.74, 6) is 1.31. The minimum atomic E-state index is -0.261. The van der Waals surface area contributed by atoms with Crippen molar-refractivity contribution in [3.05, 3.63) is 53.7 Å². The highest BCUT2D eigenvalue weighted by molar-refractivity contribution is 7.13. The van der Waals surface area contributed by atoms with Gasteiger partial charge in [0.15, 0.2) is 0 Å². The Morgan fingerprint density at radius 3 is 2.60 bits per heavy atom. The molecule has 30 heavy (non-hydrogen) atoms. The number of cyclic esters (lactones) is 1. The molecule has 3 aromatic rings. The average molecular weight is 426 g/mol. The second-order valence-corrected chi connectivity index (χ2v) is 8.47. The van der Waals surface area contributed by atoms with Gasteiger partial charge in [0, 0.05) is 38.4 Å². The maximum atomic E-state index is 12.2. The van der Waals surface area contributed by atoms with Crippen LogP contribution >= 0.6 is 11.3 Å². The van der Waals surface area contributed by atoms with Gasteiger partial charge in [-0.15, -0.1) is 11.3 Å². The molecule has 2 fully saturated rings. The van der Waals surface area contributed by atoms with Gasteiger partial charge >= 0.3 is 6.09 Å². The quantitative estimate of drug-likeness (QED) is 0.601. The van der Waals surface area contributed by atoms with Gasteiger partial charge in [-0.25, -0.2) is 4.79 Å². The highest BCUT2D eigenvalue weighted by atomic mass is 32.1. The Hall–Kier alpha value is -2.75. The van der Waals surface area contributed by atoms with Crippen molar-refractivity contribution in [2.75, 3.05) is 44.2 Å². The first-order chi connectivity index (χ1) is 14.7. The molecule has 8 nitrogen and oxygen atoms in total. The number of hydrogen-bond acceptors (Lipinski definition) is 8. The maximum absolute atomic E-state index is 12.2. The average Bonchev–Trinajstić information content (AvgIpc) is 3.51. The molecule has 156 valence electrons. The van der Waals surface area contributed by atoms with Crippen molar-refractivity contribution < 1.29 is 14.1 Å². The molecule has 4 heterocycles. The molecule has 0 saturated carbocycles. The number of rotatable bonds is 6. The molecule has 5 rings (SSSR count). The highest BCUT2D eigenvalue weighted by Crippen LogP contribution is 2.23.